The molecule has 162 valence electrons. The number of benzene rings is 1. The van der Waals surface area contributed by atoms with E-state index in [1.165, 1.54) is 16.7 Å². The number of hydrogen-bond donors (Lipinski definition) is 1. The molecule has 0 saturated carbocycles. The van der Waals surface area contributed by atoms with Gasteiger partial charge in [-0.15, -0.1) is 0 Å². The SMILES string of the molecule is C[C@H]1COc2c(N3CCCN(CC(F)F)CC3)c(F)cc3cc(C(=O)O)c(=O)n1c23. The second kappa shape index (κ2) is 7.82. The van der Waals surface area contributed by atoms with Crippen molar-refractivity contribution in [3.05, 3.63) is 33.9 Å². The van der Waals surface area contributed by atoms with Gasteiger partial charge in [-0.25, -0.2) is 18.0 Å². The first kappa shape index (κ1) is 20.5. The first-order valence-corrected chi connectivity index (χ1v) is 9.81. The first-order chi connectivity index (χ1) is 14.3. The molecule has 3 heterocycles. The molecule has 1 N–H and O–H groups in total. The number of alkyl halides is 2. The molecule has 2 aromatic rings. The molecule has 4 rings (SSSR count). The minimum atomic E-state index is -2.43. The number of aromatic carboxylic acids is 1. The predicted octanol–water partition coefficient (Wildman–Crippen LogP) is 2.57. The molecule has 1 aromatic heterocycles. The molecule has 10 heteroatoms. The topological polar surface area (TPSA) is 75.0 Å². The molecule has 1 saturated heterocycles. The first-order valence-electron chi connectivity index (χ1n) is 9.81. The van der Waals surface area contributed by atoms with Crippen LogP contribution >= 0.6 is 0 Å². The fraction of sp³-hybridized carbons (Fsp3) is 0.500. The Hall–Kier alpha value is -2.75. The molecule has 0 aliphatic carbocycles. The van der Waals surface area contributed by atoms with Crippen molar-refractivity contribution >= 4 is 22.6 Å². The zero-order valence-corrected chi connectivity index (χ0v) is 16.4. The van der Waals surface area contributed by atoms with Crippen LogP contribution in [0.25, 0.3) is 10.9 Å². The van der Waals surface area contributed by atoms with E-state index in [-0.39, 0.29) is 30.0 Å². The van der Waals surface area contributed by atoms with Crippen LogP contribution in [0.4, 0.5) is 18.9 Å². The van der Waals surface area contributed by atoms with Crippen molar-refractivity contribution in [1.82, 2.24) is 9.47 Å². The average Bonchev–Trinajstić information content (AvgIpc) is 2.90. The Kier molecular flexibility index (Phi) is 5.35. The highest BCUT2D eigenvalue weighted by molar-refractivity contribution is 5.97. The number of rotatable bonds is 4. The molecule has 7 nitrogen and oxygen atoms in total. The van der Waals surface area contributed by atoms with Gasteiger partial charge < -0.3 is 14.7 Å². The average molecular weight is 425 g/mol. The molecule has 30 heavy (non-hydrogen) atoms. The van der Waals surface area contributed by atoms with Gasteiger partial charge in [0.1, 0.15) is 17.9 Å². The van der Waals surface area contributed by atoms with Crippen molar-refractivity contribution in [2.75, 3.05) is 44.2 Å². The predicted molar refractivity (Wildman–Crippen MR) is 105 cm³/mol. The number of pyridine rings is 1. The van der Waals surface area contributed by atoms with Crippen molar-refractivity contribution in [1.29, 1.82) is 0 Å². The Morgan fingerprint density at radius 3 is 2.73 bits per heavy atom. The van der Waals surface area contributed by atoms with Crippen LogP contribution in [0.3, 0.4) is 0 Å². The molecule has 0 radical (unpaired) electrons. The van der Waals surface area contributed by atoms with Gasteiger partial charge in [-0.3, -0.25) is 14.3 Å². The summed E-state index contributed by atoms with van der Waals surface area (Å²) >= 11 is 0. The van der Waals surface area contributed by atoms with Crippen molar-refractivity contribution < 1.29 is 27.8 Å². The van der Waals surface area contributed by atoms with Gasteiger partial charge in [-0.05, 0) is 25.5 Å². The van der Waals surface area contributed by atoms with E-state index in [0.29, 0.717) is 38.1 Å². The molecule has 0 amide bonds. The van der Waals surface area contributed by atoms with Crippen molar-refractivity contribution in [3.8, 4) is 5.75 Å². The van der Waals surface area contributed by atoms with Crippen molar-refractivity contribution in [2.24, 2.45) is 0 Å². The number of ether oxygens (including phenoxy) is 1. The highest BCUT2D eigenvalue weighted by Crippen LogP contribution is 2.42. The van der Waals surface area contributed by atoms with E-state index in [0.717, 1.165) is 0 Å². The van der Waals surface area contributed by atoms with Crippen LogP contribution in [0, 0.1) is 5.82 Å². The van der Waals surface area contributed by atoms with E-state index in [9.17, 15) is 23.5 Å². The molecule has 1 fully saturated rings. The molecule has 0 unspecified atom stereocenters. The van der Waals surface area contributed by atoms with Crippen molar-refractivity contribution in [3.63, 3.8) is 0 Å². The number of halogens is 3. The van der Waals surface area contributed by atoms with Crippen LogP contribution in [0.1, 0.15) is 29.7 Å². The maximum atomic E-state index is 15.2. The Morgan fingerprint density at radius 1 is 1.27 bits per heavy atom. The van der Waals surface area contributed by atoms with Gasteiger partial charge in [0.2, 0.25) is 0 Å². The number of anilines is 1. The maximum Gasteiger partial charge on any atom is 0.341 e. The van der Waals surface area contributed by atoms with E-state index >= 15 is 4.39 Å². The van der Waals surface area contributed by atoms with Gasteiger partial charge in [0.15, 0.2) is 11.6 Å². The van der Waals surface area contributed by atoms with E-state index in [1.807, 2.05) is 0 Å². The lowest BCUT2D eigenvalue weighted by atomic mass is 10.1. The summed E-state index contributed by atoms with van der Waals surface area (Å²) in [7, 11) is 0. The number of carboxylic acid groups (broad SMARTS) is 1. The lowest BCUT2D eigenvalue weighted by Gasteiger charge is -2.32. The Labute approximate surface area is 170 Å². The van der Waals surface area contributed by atoms with E-state index in [1.54, 1.807) is 16.7 Å². The summed E-state index contributed by atoms with van der Waals surface area (Å²) in [6.07, 6.45) is -1.86. The van der Waals surface area contributed by atoms with Gasteiger partial charge in [-0.2, -0.15) is 0 Å². The molecule has 2 aliphatic rings. The third kappa shape index (κ3) is 3.49. The number of aromatic nitrogens is 1. The standard InChI is InChI=1S/C20H22F3N3O4/c1-11-10-30-18-16-12(7-13(20(28)29)19(27)26(11)16)8-14(21)17(18)25-4-2-3-24(5-6-25)9-15(22)23/h7-8,11,15H,2-6,9-10H2,1H3,(H,28,29)/t11-/m0/s1. The minimum absolute atomic E-state index is 0.0902. The number of nitrogens with zero attached hydrogens (tertiary/aromatic N) is 3. The summed E-state index contributed by atoms with van der Waals surface area (Å²) in [6, 6.07) is 1.96. The zero-order valence-electron chi connectivity index (χ0n) is 16.4. The monoisotopic (exact) mass is 425 g/mol. The zero-order chi connectivity index (χ0) is 21.6. The van der Waals surface area contributed by atoms with Crippen LogP contribution < -0.4 is 15.2 Å². The number of carbonyl (C=O) groups is 1. The second-order valence-electron chi connectivity index (χ2n) is 7.70. The smallest absolute Gasteiger partial charge is 0.341 e. The fourth-order valence-corrected chi connectivity index (χ4v) is 4.29. The highest BCUT2D eigenvalue weighted by Gasteiger charge is 2.31. The summed E-state index contributed by atoms with van der Waals surface area (Å²) in [5.74, 6) is -1.78. The largest absolute Gasteiger partial charge is 0.487 e. The third-order valence-corrected chi connectivity index (χ3v) is 5.64. The molecule has 1 atom stereocenters. The molecule has 0 spiro atoms. The number of carboxylic acids is 1. The van der Waals surface area contributed by atoms with Crippen molar-refractivity contribution in [2.45, 2.75) is 25.8 Å². The van der Waals surface area contributed by atoms with Gasteiger partial charge in [-0.1, -0.05) is 0 Å². The van der Waals surface area contributed by atoms with Crippen LogP contribution in [0.5, 0.6) is 5.75 Å². The molecular weight excluding hydrogens is 403 g/mol. The lowest BCUT2D eigenvalue weighted by molar-refractivity contribution is 0.0693. The summed E-state index contributed by atoms with van der Waals surface area (Å²) in [6.45, 7) is 3.11. The van der Waals surface area contributed by atoms with Gasteiger partial charge >= 0.3 is 5.97 Å². The van der Waals surface area contributed by atoms with Gasteiger partial charge in [0.05, 0.1) is 18.1 Å². The maximum absolute atomic E-state index is 15.2. The Morgan fingerprint density at radius 2 is 2.03 bits per heavy atom. The number of hydrogen-bond acceptors (Lipinski definition) is 5. The van der Waals surface area contributed by atoms with E-state index in [4.69, 9.17) is 4.74 Å². The normalized spacial score (nSPS) is 19.8. The summed E-state index contributed by atoms with van der Waals surface area (Å²) in [4.78, 5) is 27.7. The van der Waals surface area contributed by atoms with Crippen LogP contribution in [0.15, 0.2) is 16.9 Å². The minimum Gasteiger partial charge on any atom is -0.487 e. The highest BCUT2D eigenvalue weighted by atomic mass is 19.3. The molecule has 0 bridgehead atoms. The van der Waals surface area contributed by atoms with Crippen LogP contribution in [-0.2, 0) is 0 Å². The van der Waals surface area contributed by atoms with Gasteiger partial charge in [0, 0.05) is 31.6 Å². The molecule has 1 aromatic carbocycles. The van der Waals surface area contributed by atoms with E-state index in [2.05, 4.69) is 0 Å². The fourth-order valence-electron chi connectivity index (χ4n) is 4.29. The van der Waals surface area contributed by atoms with Crippen LogP contribution in [-0.4, -0.2) is 66.3 Å². The summed E-state index contributed by atoms with van der Waals surface area (Å²) in [5.41, 5.74) is -0.547. The quantitative estimate of drug-likeness (QED) is 0.812. The van der Waals surface area contributed by atoms with Crippen LogP contribution in [0.2, 0.25) is 0 Å². The van der Waals surface area contributed by atoms with Gasteiger partial charge in [0.25, 0.3) is 12.0 Å². The second-order valence-corrected chi connectivity index (χ2v) is 7.70. The Bertz CT molecular complexity index is 1060. The molecular formula is C20H22F3N3O4. The third-order valence-electron chi connectivity index (χ3n) is 5.64. The summed E-state index contributed by atoms with van der Waals surface area (Å²) < 4.78 is 47.8. The summed E-state index contributed by atoms with van der Waals surface area (Å²) in [5, 5.41) is 9.63. The Balaban J connectivity index is 1.83. The molecule has 2 aliphatic heterocycles. The van der Waals surface area contributed by atoms with E-state index < -0.39 is 35.4 Å². The lowest BCUT2D eigenvalue weighted by Crippen LogP contribution is -2.36.